The van der Waals surface area contributed by atoms with Gasteiger partial charge in [0.05, 0.1) is 12.6 Å². The molecule has 35 heavy (non-hydrogen) atoms. The highest BCUT2D eigenvalue weighted by molar-refractivity contribution is 5.85. The van der Waals surface area contributed by atoms with E-state index in [4.69, 9.17) is 4.74 Å². The molecule has 190 valence electrons. The Morgan fingerprint density at radius 3 is 2.29 bits per heavy atom. The van der Waals surface area contributed by atoms with Gasteiger partial charge in [0.2, 0.25) is 11.8 Å². The molecule has 5 saturated carbocycles. The van der Waals surface area contributed by atoms with Crippen LogP contribution in [0.4, 0.5) is 4.39 Å². The van der Waals surface area contributed by atoms with E-state index in [-0.39, 0.29) is 35.7 Å². The molecule has 7 rings (SSSR count). The zero-order valence-corrected chi connectivity index (χ0v) is 20.6. The average molecular weight is 484 g/mol. The van der Waals surface area contributed by atoms with E-state index in [0.29, 0.717) is 44.7 Å². The molecule has 1 aromatic rings. The summed E-state index contributed by atoms with van der Waals surface area (Å²) in [6.45, 7) is 3.19. The Morgan fingerprint density at radius 1 is 1.00 bits per heavy atom. The van der Waals surface area contributed by atoms with E-state index in [1.54, 1.807) is 6.07 Å². The lowest BCUT2D eigenvalue weighted by atomic mass is 9.49. The van der Waals surface area contributed by atoms with Gasteiger partial charge in [-0.3, -0.25) is 14.5 Å². The maximum Gasteiger partial charge on any atom is 0.242 e. The van der Waals surface area contributed by atoms with Gasteiger partial charge in [-0.15, -0.1) is 0 Å². The predicted octanol–water partition coefficient (Wildman–Crippen LogP) is 3.73. The van der Waals surface area contributed by atoms with Gasteiger partial charge in [0.15, 0.2) is 0 Å². The third-order valence-corrected chi connectivity index (χ3v) is 9.10. The lowest BCUT2D eigenvalue weighted by Gasteiger charge is -2.56. The second-order valence-corrected chi connectivity index (χ2v) is 12.1. The van der Waals surface area contributed by atoms with E-state index < -0.39 is 0 Å². The number of nitrogens with zero attached hydrogens (tertiary/aromatic N) is 2. The van der Waals surface area contributed by atoms with Crippen molar-refractivity contribution in [2.75, 3.05) is 32.7 Å². The van der Waals surface area contributed by atoms with Crippen molar-refractivity contribution in [2.24, 2.45) is 23.2 Å². The van der Waals surface area contributed by atoms with E-state index in [9.17, 15) is 14.0 Å². The number of benzene rings is 1. The molecular formula is C28H38FN3O3. The maximum atomic E-state index is 14.3. The molecule has 6 fully saturated rings. The molecule has 6 nitrogen and oxygen atoms in total. The van der Waals surface area contributed by atoms with Crippen LogP contribution in [0.5, 0.6) is 5.75 Å². The molecule has 0 atom stereocenters. The van der Waals surface area contributed by atoms with Crippen LogP contribution >= 0.6 is 0 Å². The van der Waals surface area contributed by atoms with Crippen LogP contribution in [0.25, 0.3) is 0 Å². The zero-order chi connectivity index (χ0) is 24.0. The molecular weight excluding hydrogens is 445 g/mol. The van der Waals surface area contributed by atoms with Gasteiger partial charge in [0.1, 0.15) is 11.6 Å². The maximum absolute atomic E-state index is 14.3. The van der Waals surface area contributed by atoms with Crippen molar-refractivity contribution in [3.8, 4) is 5.75 Å². The summed E-state index contributed by atoms with van der Waals surface area (Å²) < 4.78 is 20.2. The van der Waals surface area contributed by atoms with Gasteiger partial charge in [-0.2, -0.15) is 0 Å². The van der Waals surface area contributed by atoms with Crippen molar-refractivity contribution < 1.29 is 18.7 Å². The Balaban J connectivity index is 0.944. The molecule has 0 radical (unpaired) electrons. The standard InChI is InChI=1S/C28H38FN3O3/c29-25-4-3-24(35-23-1-2-23)12-22(25)18-31-5-7-32(8-6-31)27(34)17-30-26(33)16-28-13-19-9-20(14-28)11-21(10-19)15-28/h3-4,12,19-21,23H,1-2,5-11,13-18H2,(H,30,33). The summed E-state index contributed by atoms with van der Waals surface area (Å²) in [5.41, 5.74) is 0.837. The second-order valence-electron chi connectivity index (χ2n) is 12.1. The number of ether oxygens (including phenoxy) is 1. The molecule has 1 saturated heterocycles. The van der Waals surface area contributed by atoms with Crippen LogP contribution in [0, 0.1) is 29.0 Å². The normalized spacial score (nSPS) is 32.0. The SMILES string of the molecule is O=C(CC12CC3CC(CC(C3)C1)C2)NCC(=O)N1CCN(Cc2cc(OC3CC3)ccc2F)CC1. The average Bonchev–Trinajstić information content (AvgIpc) is 3.63. The Bertz CT molecular complexity index is 935. The van der Waals surface area contributed by atoms with Crippen LogP contribution < -0.4 is 10.1 Å². The molecule has 7 heteroatoms. The third-order valence-electron chi connectivity index (χ3n) is 9.10. The molecule has 1 N–H and O–H groups in total. The Hall–Kier alpha value is -2.15. The van der Waals surface area contributed by atoms with Crippen LogP contribution in [0.2, 0.25) is 0 Å². The molecule has 0 aromatic heterocycles. The first-order valence-electron chi connectivity index (χ1n) is 13.6. The Labute approximate surface area is 207 Å². The molecule has 2 amide bonds. The van der Waals surface area contributed by atoms with Crippen molar-refractivity contribution >= 4 is 11.8 Å². The van der Waals surface area contributed by atoms with Crippen molar-refractivity contribution in [1.82, 2.24) is 15.1 Å². The minimum absolute atomic E-state index is 0.0190. The minimum Gasteiger partial charge on any atom is -0.490 e. The number of hydrogen-bond acceptors (Lipinski definition) is 4. The summed E-state index contributed by atoms with van der Waals surface area (Å²) in [5.74, 6) is 3.03. The number of nitrogens with one attached hydrogen (secondary N) is 1. The first kappa shape index (κ1) is 23.3. The summed E-state index contributed by atoms with van der Waals surface area (Å²) in [4.78, 5) is 29.5. The third kappa shape index (κ3) is 5.35. The van der Waals surface area contributed by atoms with E-state index in [1.807, 2.05) is 11.0 Å². The van der Waals surface area contributed by atoms with Gasteiger partial charge in [-0.05, 0) is 92.7 Å². The van der Waals surface area contributed by atoms with Crippen molar-refractivity contribution in [2.45, 2.75) is 70.4 Å². The Morgan fingerprint density at radius 2 is 1.66 bits per heavy atom. The number of hydrogen-bond donors (Lipinski definition) is 1. The number of halogens is 1. The van der Waals surface area contributed by atoms with E-state index in [0.717, 1.165) is 36.3 Å². The largest absolute Gasteiger partial charge is 0.490 e. The van der Waals surface area contributed by atoms with Gasteiger partial charge in [-0.25, -0.2) is 4.39 Å². The second kappa shape index (κ2) is 9.38. The molecule has 0 spiro atoms. The molecule has 4 bridgehead atoms. The molecule has 6 aliphatic rings. The summed E-state index contributed by atoms with van der Waals surface area (Å²) in [6.07, 6.45) is 10.8. The zero-order valence-electron chi connectivity index (χ0n) is 20.6. The summed E-state index contributed by atoms with van der Waals surface area (Å²) in [7, 11) is 0. The first-order chi connectivity index (χ1) is 16.9. The minimum atomic E-state index is -0.214. The van der Waals surface area contributed by atoms with E-state index in [1.165, 1.54) is 44.6 Å². The van der Waals surface area contributed by atoms with Crippen LogP contribution in [-0.2, 0) is 16.1 Å². The van der Waals surface area contributed by atoms with E-state index in [2.05, 4.69) is 10.2 Å². The van der Waals surface area contributed by atoms with Gasteiger partial charge < -0.3 is 15.0 Å². The molecule has 1 aliphatic heterocycles. The fourth-order valence-corrected chi connectivity index (χ4v) is 7.72. The van der Waals surface area contributed by atoms with Crippen LogP contribution in [0.1, 0.15) is 63.4 Å². The monoisotopic (exact) mass is 483 g/mol. The van der Waals surface area contributed by atoms with Crippen molar-refractivity contribution in [3.05, 3.63) is 29.6 Å². The number of carbonyl (C=O) groups excluding carboxylic acids is 2. The Kier molecular flexibility index (Phi) is 6.23. The van der Waals surface area contributed by atoms with Gasteiger partial charge in [0.25, 0.3) is 0 Å². The van der Waals surface area contributed by atoms with Crippen molar-refractivity contribution in [3.63, 3.8) is 0 Å². The number of piperazine rings is 1. The van der Waals surface area contributed by atoms with Crippen LogP contribution in [-0.4, -0.2) is 60.4 Å². The van der Waals surface area contributed by atoms with Crippen LogP contribution in [0.15, 0.2) is 18.2 Å². The van der Waals surface area contributed by atoms with Gasteiger partial charge in [0, 0.05) is 44.7 Å². The summed E-state index contributed by atoms with van der Waals surface area (Å²) in [5, 5.41) is 2.93. The van der Waals surface area contributed by atoms with E-state index >= 15 is 0 Å². The summed E-state index contributed by atoms with van der Waals surface area (Å²) in [6, 6.07) is 4.99. The van der Waals surface area contributed by atoms with Crippen LogP contribution in [0.3, 0.4) is 0 Å². The van der Waals surface area contributed by atoms with Crippen molar-refractivity contribution in [1.29, 1.82) is 0 Å². The lowest BCUT2D eigenvalue weighted by molar-refractivity contribution is -0.136. The van der Waals surface area contributed by atoms with Gasteiger partial charge in [-0.1, -0.05) is 0 Å². The highest BCUT2D eigenvalue weighted by Crippen LogP contribution is 2.61. The predicted molar refractivity (Wildman–Crippen MR) is 130 cm³/mol. The fourth-order valence-electron chi connectivity index (χ4n) is 7.72. The quantitative estimate of drug-likeness (QED) is 0.612. The smallest absolute Gasteiger partial charge is 0.242 e. The molecule has 5 aliphatic carbocycles. The first-order valence-corrected chi connectivity index (χ1v) is 13.6. The molecule has 0 unspecified atom stereocenters. The lowest BCUT2D eigenvalue weighted by Crippen LogP contribution is -2.51. The molecule has 1 heterocycles. The number of carbonyl (C=O) groups is 2. The molecule has 1 aromatic carbocycles. The highest BCUT2D eigenvalue weighted by Gasteiger charge is 2.51. The summed E-state index contributed by atoms with van der Waals surface area (Å²) >= 11 is 0. The van der Waals surface area contributed by atoms with Gasteiger partial charge >= 0.3 is 0 Å². The fraction of sp³-hybridized carbons (Fsp3) is 0.714. The number of rotatable bonds is 8. The number of amides is 2. The highest BCUT2D eigenvalue weighted by atomic mass is 19.1. The topological polar surface area (TPSA) is 61.9 Å².